The highest BCUT2D eigenvalue weighted by Gasteiger charge is 2.40. The lowest BCUT2D eigenvalue weighted by Gasteiger charge is -2.24. The Kier molecular flexibility index (Phi) is 8.48. The molecule has 0 aromatic heterocycles. The van der Waals surface area contributed by atoms with Crippen molar-refractivity contribution in [3.8, 4) is 0 Å². The van der Waals surface area contributed by atoms with Gasteiger partial charge in [-0.25, -0.2) is 9.59 Å². The van der Waals surface area contributed by atoms with Crippen LogP contribution in [0.25, 0.3) is 0 Å². The number of nitrogens with two attached hydrogens (primary N) is 1. The maximum Gasteiger partial charge on any atom is 0.410 e. The van der Waals surface area contributed by atoms with E-state index in [2.05, 4.69) is 0 Å². The largest absolute Gasteiger partial charge is 0.481 e. The van der Waals surface area contributed by atoms with Crippen molar-refractivity contribution in [2.45, 2.75) is 57.3 Å². The van der Waals surface area contributed by atoms with Crippen LogP contribution in [0.2, 0.25) is 0 Å². The van der Waals surface area contributed by atoms with E-state index in [-0.39, 0.29) is 12.1 Å². The van der Waals surface area contributed by atoms with Gasteiger partial charge in [0.05, 0.1) is 12.8 Å². The molecule has 0 spiro atoms. The predicted octanol–water partition coefficient (Wildman–Crippen LogP) is -0.294. The first-order valence-corrected chi connectivity index (χ1v) is 7.79. The molecule has 6 N–H and O–H groups in total. The summed E-state index contributed by atoms with van der Waals surface area (Å²) in [5, 5.41) is 33.8. The Balaban J connectivity index is 0.000000481. The molecule has 1 heterocycles. The van der Waals surface area contributed by atoms with Gasteiger partial charge in [0, 0.05) is 19.1 Å². The summed E-state index contributed by atoms with van der Waals surface area (Å²) in [7, 11) is 0. The molecule has 1 aliphatic rings. The molecule has 1 unspecified atom stereocenters. The second kappa shape index (κ2) is 9.34. The molecular formula is C15H26N2O9. The Hall–Kier alpha value is -2.40. The molecule has 0 aromatic rings. The van der Waals surface area contributed by atoms with Crippen LogP contribution in [0.4, 0.5) is 4.79 Å². The third-order valence-electron chi connectivity index (χ3n) is 3.16. The van der Waals surface area contributed by atoms with Gasteiger partial charge in [-0.2, -0.15) is 0 Å². The number of hydrogen-bond acceptors (Lipinski definition) is 7. The molecule has 0 saturated carbocycles. The summed E-state index contributed by atoms with van der Waals surface area (Å²) >= 11 is 0. The number of amides is 1. The predicted molar refractivity (Wildman–Crippen MR) is 87.5 cm³/mol. The monoisotopic (exact) mass is 378 g/mol. The molecule has 1 fully saturated rings. The lowest BCUT2D eigenvalue weighted by molar-refractivity contribution is -0.170. The number of carboxylic acid groups (broad SMARTS) is 3. The summed E-state index contributed by atoms with van der Waals surface area (Å²) in [5.41, 5.74) is 2.53. The molecule has 150 valence electrons. The van der Waals surface area contributed by atoms with Crippen molar-refractivity contribution < 1.29 is 44.3 Å². The lowest BCUT2D eigenvalue weighted by atomic mass is 9.96. The van der Waals surface area contributed by atoms with Crippen LogP contribution in [-0.2, 0) is 19.1 Å². The lowest BCUT2D eigenvalue weighted by Crippen LogP contribution is -2.42. The number of aliphatic hydroxyl groups is 1. The number of carbonyl (C=O) groups excluding carboxylic acids is 1. The smallest absolute Gasteiger partial charge is 0.410 e. The average Bonchev–Trinajstić information content (AvgIpc) is 2.82. The van der Waals surface area contributed by atoms with Crippen LogP contribution in [-0.4, -0.2) is 79.7 Å². The molecule has 0 bridgehead atoms. The molecule has 0 aliphatic carbocycles. The van der Waals surface area contributed by atoms with E-state index in [1.54, 1.807) is 4.90 Å². The van der Waals surface area contributed by atoms with Gasteiger partial charge in [-0.05, 0) is 27.2 Å². The summed E-state index contributed by atoms with van der Waals surface area (Å²) in [6, 6.07) is 0.118. The first-order chi connectivity index (χ1) is 11.7. The van der Waals surface area contributed by atoms with Crippen LogP contribution in [0, 0.1) is 0 Å². The zero-order valence-corrected chi connectivity index (χ0v) is 15.0. The van der Waals surface area contributed by atoms with E-state index >= 15 is 0 Å². The quantitative estimate of drug-likeness (QED) is 0.425. The minimum Gasteiger partial charge on any atom is -0.481 e. The third kappa shape index (κ3) is 9.18. The fraction of sp³-hybridized carbons (Fsp3) is 0.733. The van der Waals surface area contributed by atoms with Gasteiger partial charge in [0.15, 0.2) is 5.60 Å². The van der Waals surface area contributed by atoms with Crippen LogP contribution >= 0.6 is 0 Å². The standard InChI is InChI=1S/C9H18N2O2.C6H8O7/c1-9(2,3)13-8(12)11-5-4-7(10)6-11;7-3(8)1-6(13,5(11)12)2-4(9)10/h7H,4-6,10H2,1-3H3;13H,1-2H2,(H,7,8)(H,9,10)(H,11,12). The normalized spacial score (nSPS) is 17.1. The molecular weight excluding hydrogens is 352 g/mol. The second-order valence-corrected chi connectivity index (χ2v) is 6.95. The number of nitrogens with zero attached hydrogens (tertiary/aromatic N) is 1. The number of carbonyl (C=O) groups is 4. The Morgan fingerprint density at radius 1 is 1.08 bits per heavy atom. The number of rotatable bonds is 5. The number of carboxylic acids is 3. The summed E-state index contributed by atoms with van der Waals surface area (Å²) in [6.45, 7) is 6.92. The van der Waals surface area contributed by atoms with Crippen molar-refractivity contribution in [2.75, 3.05) is 13.1 Å². The van der Waals surface area contributed by atoms with Gasteiger partial charge < -0.3 is 35.8 Å². The minimum atomic E-state index is -2.74. The second-order valence-electron chi connectivity index (χ2n) is 6.95. The van der Waals surface area contributed by atoms with Gasteiger partial charge in [0.25, 0.3) is 0 Å². The van der Waals surface area contributed by atoms with E-state index < -0.39 is 42.0 Å². The van der Waals surface area contributed by atoms with E-state index in [0.29, 0.717) is 6.54 Å². The Bertz CT molecular complexity index is 526. The van der Waals surface area contributed by atoms with E-state index in [4.69, 9.17) is 30.9 Å². The SMILES string of the molecule is CC(C)(C)OC(=O)N1CCC(N)C1.O=C(O)CC(O)(CC(=O)O)C(=O)O. The molecule has 26 heavy (non-hydrogen) atoms. The summed E-state index contributed by atoms with van der Waals surface area (Å²) in [4.78, 5) is 43.6. The van der Waals surface area contributed by atoms with Crippen LogP contribution in [0.1, 0.15) is 40.0 Å². The topological polar surface area (TPSA) is 188 Å². The van der Waals surface area contributed by atoms with Crippen molar-refractivity contribution >= 4 is 24.0 Å². The van der Waals surface area contributed by atoms with Crippen LogP contribution in [0.15, 0.2) is 0 Å². The Morgan fingerprint density at radius 3 is 1.81 bits per heavy atom. The van der Waals surface area contributed by atoms with E-state index in [1.165, 1.54) is 0 Å². The molecule has 11 nitrogen and oxygen atoms in total. The van der Waals surface area contributed by atoms with Crippen molar-refractivity contribution in [3.05, 3.63) is 0 Å². The zero-order valence-electron chi connectivity index (χ0n) is 15.0. The van der Waals surface area contributed by atoms with E-state index in [9.17, 15) is 19.2 Å². The Labute approximate surface area is 150 Å². The molecule has 1 aliphatic heterocycles. The molecule has 1 amide bonds. The maximum absolute atomic E-state index is 11.5. The van der Waals surface area contributed by atoms with Gasteiger partial charge in [-0.15, -0.1) is 0 Å². The van der Waals surface area contributed by atoms with Gasteiger partial charge in [-0.3, -0.25) is 9.59 Å². The summed E-state index contributed by atoms with van der Waals surface area (Å²) in [5.74, 6) is -5.02. The van der Waals surface area contributed by atoms with Gasteiger partial charge >= 0.3 is 24.0 Å². The first kappa shape index (κ1) is 23.6. The molecule has 1 saturated heterocycles. The van der Waals surface area contributed by atoms with E-state index in [0.717, 1.165) is 13.0 Å². The van der Waals surface area contributed by atoms with Gasteiger partial charge in [-0.1, -0.05) is 0 Å². The number of likely N-dealkylation sites (tertiary alicyclic amines) is 1. The van der Waals surface area contributed by atoms with E-state index in [1.807, 2.05) is 20.8 Å². The fourth-order valence-corrected chi connectivity index (χ4v) is 1.99. The van der Waals surface area contributed by atoms with Crippen molar-refractivity contribution in [2.24, 2.45) is 5.73 Å². The van der Waals surface area contributed by atoms with Crippen molar-refractivity contribution in [1.82, 2.24) is 4.90 Å². The highest BCUT2D eigenvalue weighted by atomic mass is 16.6. The molecule has 1 rings (SSSR count). The van der Waals surface area contributed by atoms with Crippen molar-refractivity contribution in [1.29, 1.82) is 0 Å². The molecule has 0 radical (unpaired) electrons. The van der Waals surface area contributed by atoms with Crippen molar-refractivity contribution in [3.63, 3.8) is 0 Å². The van der Waals surface area contributed by atoms with Gasteiger partial charge in [0.2, 0.25) is 0 Å². The van der Waals surface area contributed by atoms with Crippen LogP contribution in [0.5, 0.6) is 0 Å². The fourth-order valence-electron chi connectivity index (χ4n) is 1.99. The number of ether oxygens (including phenoxy) is 1. The summed E-state index contributed by atoms with van der Waals surface area (Å²) < 4.78 is 5.20. The molecule has 11 heteroatoms. The maximum atomic E-state index is 11.5. The zero-order chi connectivity index (χ0) is 20.7. The summed E-state index contributed by atoms with van der Waals surface area (Å²) in [6.07, 6.45) is -1.66. The molecule has 1 atom stereocenters. The molecule has 0 aromatic carbocycles. The van der Waals surface area contributed by atoms with Gasteiger partial charge in [0.1, 0.15) is 5.60 Å². The third-order valence-corrected chi connectivity index (χ3v) is 3.16. The Morgan fingerprint density at radius 2 is 1.54 bits per heavy atom. The highest BCUT2D eigenvalue weighted by Crippen LogP contribution is 2.16. The van der Waals surface area contributed by atoms with Crippen LogP contribution < -0.4 is 5.73 Å². The number of aliphatic carboxylic acids is 3. The number of hydrogen-bond donors (Lipinski definition) is 5. The highest BCUT2D eigenvalue weighted by molar-refractivity contribution is 5.88. The minimum absolute atomic E-state index is 0.118. The first-order valence-electron chi connectivity index (χ1n) is 7.79. The average molecular weight is 378 g/mol. The van der Waals surface area contributed by atoms with Crippen LogP contribution in [0.3, 0.4) is 0 Å².